The molecule has 1 aromatic rings. The van der Waals surface area contributed by atoms with Crippen LogP contribution >= 0.6 is 0 Å². The summed E-state index contributed by atoms with van der Waals surface area (Å²) in [5.74, 6) is 2.25. The molecular formula is C24H36N4O4. The first-order valence-electron chi connectivity index (χ1n) is 12.1. The third kappa shape index (κ3) is 5.00. The minimum atomic E-state index is -0.498. The van der Waals surface area contributed by atoms with E-state index in [1.54, 1.807) is 12.1 Å². The average molecular weight is 445 g/mol. The molecule has 0 radical (unpaired) electrons. The highest BCUT2D eigenvalue weighted by atomic mass is 16.4. The Morgan fingerprint density at radius 1 is 1.00 bits per heavy atom. The summed E-state index contributed by atoms with van der Waals surface area (Å²) in [7, 11) is 0. The highest BCUT2D eigenvalue weighted by molar-refractivity contribution is 5.93. The normalized spacial score (nSPS) is 28.0. The van der Waals surface area contributed by atoms with Crippen molar-refractivity contribution in [2.75, 3.05) is 19.6 Å². The lowest BCUT2D eigenvalue weighted by molar-refractivity contribution is -0.146. The number of carbonyl (C=O) groups is 3. The van der Waals surface area contributed by atoms with Crippen LogP contribution in [0.1, 0.15) is 75.1 Å². The van der Waals surface area contributed by atoms with Crippen molar-refractivity contribution >= 4 is 17.7 Å². The van der Waals surface area contributed by atoms with Crippen molar-refractivity contribution in [3.05, 3.63) is 23.7 Å². The number of furan rings is 1. The monoisotopic (exact) mass is 444 g/mol. The van der Waals surface area contributed by atoms with Crippen LogP contribution in [0.25, 0.3) is 0 Å². The van der Waals surface area contributed by atoms with E-state index < -0.39 is 5.91 Å². The average Bonchev–Trinajstić information content (AvgIpc) is 3.23. The first-order valence-corrected chi connectivity index (χ1v) is 12.1. The summed E-state index contributed by atoms with van der Waals surface area (Å²) in [6.07, 6.45) is 7.01. The Bertz CT molecular complexity index is 810. The Labute approximate surface area is 189 Å². The molecular weight excluding hydrogens is 408 g/mol. The molecule has 0 unspecified atom stereocenters. The first kappa shape index (κ1) is 22.8. The molecule has 0 atom stereocenters. The third-order valence-electron chi connectivity index (χ3n) is 7.63. The van der Waals surface area contributed by atoms with Crippen molar-refractivity contribution in [2.24, 2.45) is 23.2 Å². The van der Waals surface area contributed by atoms with Gasteiger partial charge >= 0.3 is 5.91 Å². The van der Waals surface area contributed by atoms with Gasteiger partial charge in [0.15, 0.2) is 5.76 Å². The summed E-state index contributed by atoms with van der Waals surface area (Å²) in [4.78, 5) is 39.5. The number of hydrazine groups is 1. The number of hydrogen-bond donors (Lipinski definition) is 3. The first-order chi connectivity index (χ1) is 15.4. The molecule has 0 aliphatic heterocycles. The highest BCUT2D eigenvalue weighted by Gasteiger charge is 2.54. The fourth-order valence-corrected chi connectivity index (χ4v) is 6.37. The van der Waals surface area contributed by atoms with Crippen LogP contribution in [0, 0.1) is 23.2 Å². The van der Waals surface area contributed by atoms with Gasteiger partial charge in [-0.2, -0.15) is 0 Å². The van der Waals surface area contributed by atoms with Crippen LogP contribution in [0.5, 0.6) is 0 Å². The summed E-state index contributed by atoms with van der Waals surface area (Å²) in [5, 5.41) is 2.99. The van der Waals surface area contributed by atoms with Crippen LogP contribution in [0.15, 0.2) is 16.5 Å². The molecule has 4 saturated carbocycles. The molecule has 4 aliphatic carbocycles. The maximum Gasteiger partial charge on any atom is 0.305 e. The van der Waals surface area contributed by atoms with Gasteiger partial charge in [-0.1, -0.05) is 13.8 Å². The van der Waals surface area contributed by atoms with E-state index in [0.29, 0.717) is 30.1 Å². The highest BCUT2D eigenvalue weighted by Crippen LogP contribution is 2.60. The zero-order valence-corrected chi connectivity index (χ0v) is 19.2. The second kappa shape index (κ2) is 9.65. The molecule has 4 aliphatic rings. The molecule has 4 fully saturated rings. The Morgan fingerprint density at radius 3 is 2.22 bits per heavy atom. The Balaban J connectivity index is 1.17. The smallest absolute Gasteiger partial charge is 0.305 e. The van der Waals surface area contributed by atoms with Crippen molar-refractivity contribution in [3.8, 4) is 0 Å². The summed E-state index contributed by atoms with van der Waals surface area (Å²) < 4.78 is 5.58. The Hall–Kier alpha value is -2.35. The fourth-order valence-electron chi connectivity index (χ4n) is 6.37. The van der Waals surface area contributed by atoms with Crippen molar-refractivity contribution < 1.29 is 18.8 Å². The van der Waals surface area contributed by atoms with Crippen molar-refractivity contribution in [1.29, 1.82) is 0 Å². The lowest BCUT2D eigenvalue weighted by atomic mass is 9.49. The molecule has 5 rings (SSSR count). The number of hydrogen-bond acceptors (Lipinski definition) is 5. The van der Waals surface area contributed by atoms with Crippen LogP contribution in [-0.4, -0.2) is 42.3 Å². The maximum absolute atomic E-state index is 12.9. The maximum atomic E-state index is 12.9. The van der Waals surface area contributed by atoms with Crippen LogP contribution in [0.4, 0.5) is 0 Å². The van der Waals surface area contributed by atoms with Crippen molar-refractivity contribution in [3.63, 3.8) is 0 Å². The van der Waals surface area contributed by atoms with E-state index in [1.165, 1.54) is 19.3 Å². The molecule has 32 heavy (non-hydrogen) atoms. The minimum Gasteiger partial charge on any atom is -0.454 e. The number of nitrogens with one attached hydrogen (secondary N) is 3. The Kier molecular flexibility index (Phi) is 6.88. The molecule has 0 aromatic carbocycles. The number of nitrogens with zero attached hydrogens (tertiary/aromatic N) is 1. The third-order valence-corrected chi connectivity index (χ3v) is 7.63. The predicted octanol–water partition coefficient (Wildman–Crippen LogP) is 2.61. The molecule has 1 heterocycles. The van der Waals surface area contributed by atoms with E-state index in [4.69, 9.17) is 4.42 Å². The number of carbonyl (C=O) groups excluding carboxylic acids is 3. The number of amides is 3. The van der Waals surface area contributed by atoms with E-state index in [2.05, 4.69) is 34.9 Å². The minimum absolute atomic E-state index is 0.115. The fraction of sp³-hybridized carbons (Fsp3) is 0.708. The molecule has 8 nitrogen and oxygen atoms in total. The topological polar surface area (TPSA) is 104 Å². The summed E-state index contributed by atoms with van der Waals surface area (Å²) in [5.41, 5.74) is 4.58. The molecule has 0 saturated heterocycles. The van der Waals surface area contributed by atoms with Crippen molar-refractivity contribution in [2.45, 2.75) is 65.3 Å². The van der Waals surface area contributed by atoms with Gasteiger partial charge in [-0.05, 0) is 81.5 Å². The van der Waals surface area contributed by atoms with Gasteiger partial charge in [-0.25, -0.2) is 0 Å². The lowest BCUT2D eigenvalue weighted by Gasteiger charge is -2.55. The van der Waals surface area contributed by atoms with Gasteiger partial charge in [0.25, 0.3) is 0 Å². The van der Waals surface area contributed by atoms with E-state index in [0.717, 1.165) is 32.4 Å². The summed E-state index contributed by atoms with van der Waals surface area (Å²) >= 11 is 0. The molecule has 176 valence electrons. The van der Waals surface area contributed by atoms with Gasteiger partial charge < -0.3 is 9.73 Å². The van der Waals surface area contributed by atoms with Gasteiger partial charge in [-0.15, -0.1) is 0 Å². The Morgan fingerprint density at radius 2 is 1.62 bits per heavy atom. The summed E-state index contributed by atoms with van der Waals surface area (Å²) in [6, 6.07) is 3.38. The standard InChI is InChI=1S/C24H36N4O4/c1-3-28(4-2)15-19-5-6-20(32-19)22(30)27-26-21(29)7-8-25-23(31)24-12-16-9-17(13-24)11-18(10-16)14-24/h5-6,16-18H,3-4,7-15H2,1-2H3,(H,25,31)(H,26,29)(H,27,30). The van der Waals surface area contributed by atoms with E-state index in [9.17, 15) is 14.4 Å². The van der Waals surface area contributed by atoms with Crippen molar-refractivity contribution in [1.82, 2.24) is 21.1 Å². The zero-order valence-electron chi connectivity index (χ0n) is 19.2. The second-order valence-electron chi connectivity index (χ2n) is 9.93. The molecule has 1 aromatic heterocycles. The van der Waals surface area contributed by atoms with Crippen LogP contribution in [-0.2, 0) is 16.1 Å². The number of rotatable bonds is 9. The largest absolute Gasteiger partial charge is 0.454 e. The van der Waals surface area contributed by atoms with Gasteiger partial charge in [0.05, 0.1) is 6.54 Å². The molecule has 0 spiro atoms. The van der Waals surface area contributed by atoms with Crippen LogP contribution < -0.4 is 16.2 Å². The van der Waals surface area contributed by atoms with Gasteiger partial charge in [0, 0.05) is 18.4 Å². The quantitative estimate of drug-likeness (QED) is 0.508. The molecule has 4 bridgehead atoms. The van der Waals surface area contributed by atoms with E-state index in [1.807, 2.05) is 0 Å². The molecule has 3 N–H and O–H groups in total. The molecule has 8 heteroatoms. The van der Waals surface area contributed by atoms with Gasteiger partial charge in [0.2, 0.25) is 11.8 Å². The van der Waals surface area contributed by atoms with Gasteiger partial charge in [-0.3, -0.25) is 30.1 Å². The van der Waals surface area contributed by atoms with E-state index >= 15 is 0 Å². The molecule has 3 amide bonds. The van der Waals surface area contributed by atoms with Crippen LogP contribution in [0.3, 0.4) is 0 Å². The van der Waals surface area contributed by atoms with Gasteiger partial charge in [0.1, 0.15) is 5.76 Å². The second-order valence-corrected chi connectivity index (χ2v) is 9.93. The SMILES string of the molecule is CCN(CC)Cc1ccc(C(=O)NNC(=O)CCNC(=O)C23CC4CC(CC(C4)C2)C3)o1. The van der Waals surface area contributed by atoms with E-state index in [-0.39, 0.29) is 36.0 Å². The zero-order chi connectivity index (χ0) is 22.7. The lowest BCUT2D eigenvalue weighted by Crippen LogP contribution is -2.54. The summed E-state index contributed by atoms with van der Waals surface area (Å²) in [6.45, 7) is 6.85. The predicted molar refractivity (Wildman–Crippen MR) is 119 cm³/mol. The van der Waals surface area contributed by atoms with Crippen LogP contribution in [0.2, 0.25) is 0 Å².